The first-order valence-electron chi connectivity index (χ1n) is 11.8. The number of hydrogen-bond acceptors (Lipinski definition) is 6. The van der Waals surface area contributed by atoms with Crippen LogP contribution in [-0.4, -0.2) is 60.4 Å². The molecule has 1 aliphatic heterocycles. The minimum Gasteiger partial charge on any atom is -0.337 e. The van der Waals surface area contributed by atoms with Crippen LogP contribution in [0.2, 0.25) is 0 Å². The highest BCUT2D eigenvalue weighted by Gasteiger charge is 2.32. The van der Waals surface area contributed by atoms with Gasteiger partial charge >= 0.3 is 0 Å². The van der Waals surface area contributed by atoms with Crippen LogP contribution in [-0.2, 0) is 20.0 Å². The summed E-state index contributed by atoms with van der Waals surface area (Å²) in [6, 6.07) is 18.8. The number of likely N-dealkylation sites (N-methyl/N-ethyl adjacent to an activating group) is 1. The fourth-order valence-electron chi connectivity index (χ4n) is 5.02. The number of nitrogens with zero attached hydrogens (tertiary/aromatic N) is 6. The lowest BCUT2D eigenvalue weighted by atomic mass is 9.84. The predicted octanol–water partition coefficient (Wildman–Crippen LogP) is 4.02. The first-order valence-corrected chi connectivity index (χ1v) is 12.5. The van der Waals surface area contributed by atoms with E-state index in [2.05, 4.69) is 61.2 Å². The number of hydrogen-bond donors (Lipinski definition) is 0. The van der Waals surface area contributed by atoms with Crippen LogP contribution in [0.25, 0.3) is 11.0 Å². The van der Waals surface area contributed by atoms with Gasteiger partial charge in [-0.05, 0) is 67.6 Å². The number of rotatable bonds is 7. The van der Waals surface area contributed by atoms with Crippen LogP contribution in [0, 0.1) is 5.92 Å². The van der Waals surface area contributed by atoms with Crippen molar-refractivity contribution in [3.05, 3.63) is 77.6 Å². The second kappa shape index (κ2) is 10.0. The number of aryl methyl sites for hydroxylation is 1. The second-order valence-electron chi connectivity index (χ2n) is 9.25. The van der Waals surface area contributed by atoms with E-state index in [9.17, 15) is 4.79 Å². The van der Waals surface area contributed by atoms with E-state index in [0.29, 0.717) is 11.6 Å². The maximum absolute atomic E-state index is 13.3. The lowest BCUT2D eigenvalue weighted by Gasteiger charge is -2.40. The fourth-order valence-corrected chi connectivity index (χ4v) is 5.53. The molecule has 0 unspecified atom stereocenters. The van der Waals surface area contributed by atoms with E-state index >= 15 is 0 Å². The lowest BCUT2D eigenvalue weighted by molar-refractivity contribution is 0.0579. The maximum Gasteiger partial charge on any atom is 0.274 e. The molecule has 0 spiro atoms. The van der Waals surface area contributed by atoms with Crippen molar-refractivity contribution < 1.29 is 4.79 Å². The van der Waals surface area contributed by atoms with Gasteiger partial charge < -0.3 is 4.90 Å². The van der Waals surface area contributed by atoms with E-state index in [1.165, 1.54) is 22.9 Å². The van der Waals surface area contributed by atoms with Crippen LogP contribution >= 0.6 is 11.7 Å². The highest BCUT2D eigenvalue weighted by molar-refractivity contribution is 7.00. The molecule has 1 aliphatic rings. The Morgan fingerprint density at radius 1 is 1.06 bits per heavy atom. The molecular weight excluding hydrogens is 444 g/mol. The summed E-state index contributed by atoms with van der Waals surface area (Å²) in [4.78, 5) is 17.7. The standard InChI is InChI=1S/C26H30N6OS/c1-30-13-12-23(27-30)26(33)31(2)25(17-19-6-4-3-5-7-19)21-10-14-32(15-11-21)18-20-8-9-22-24(16-20)29-34-28-22/h3-9,12-13,16,21,25H,10-11,14-15,17-18H2,1-2H3/t25-/m0/s1. The first-order chi connectivity index (χ1) is 16.6. The Morgan fingerprint density at radius 2 is 1.82 bits per heavy atom. The van der Waals surface area contributed by atoms with Crippen molar-refractivity contribution >= 4 is 28.7 Å². The summed E-state index contributed by atoms with van der Waals surface area (Å²) in [6.45, 7) is 2.97. The number of benzene rings is 2. The van der Waals surface area contributed by atoms with Crippen molar-refractivity contribution in [1.82, 2.24) is 28.3 Å². The van der Waals surface area contributed by atoms with Gasteiger partial charge in [0.1, 0.15) is 16.7 Å². The second-order valence-corrected chi connectivity index (χ2v) is 9.78. The molecule has 34 heavy (non-hydrogen) atoms. The number of aromatic nitrogens is 4. The third-order valence-corrected chi connectivity index (χ3v) is 7.50. The molecule has 0 saturated carbocycles. The van der Waals surface area contributed by atoms with Crippen molar-refractivity contribution in [2.24, 2.45) is 13.0 Å². The van der Waals surface area contributed by atoms with Gasteiger partial charge in [-0.1, -0.05) is 36.4 Å². The van der Waals surface area contributed by atoms with Crippen LogP contribution in [0.4, 0.5) is 0 Å². The van der Waals surface area contributed by atoms with Gasteiger partial charge in [0.2, 0.25) is 0 Å². The Labute approximate surface area is 204 Å². The molecule has 176 valence electrons. The summed E-state index contributed by atoms with van der Waals surface area (Å²) in [6.07, 6.45) is 4.81. The molecule has 0 radical (unpaired) electrons. The molecule has 3 heterocycles. The van der Waals surface area contributed by atoms with E-state index in [1.807, 2.05) is 31.3 Å². The summed E-state index contributed by atoms with van der Waals surface area (Å²) in [5.74, 6) is 0.438. The van der Waals surface area contributed by atoms with Gasteiger partial charge in [-0.3, -0.25) is 14.4 Å². The average molecular weight is 475 g/mol. The maximum atomic E-state index is 13.3. The highest BCUT2D eigenvalue weighted by Crippen LogP contribution is 2.28. The van der Waals surface area contributed by atoms with E-state index in [0.717, 1.165) is 49.9 Å². The summed E-state index contributed by atoms with van der Waals surface area (Å²) >= 11 is 1.26. The number of amides is 1. The van der Waals surface area contributed by atoms with Crippen molar-refractivity contribution in [2.75, 3.05) is 20.1 Å². The third-order valence-electron chi connectivity index (χ3n) is 6.94. The Kier molecular flexibility index (Phi) is 6.69. The van der Waals surface area contributed by atoms with Crippen LogP contribution in [0.1, 0.15) is 34.5 Å². The zero-order chi connectivity index (χ0) is 23.5. The largest absolute Gasteiger partial charge is 0.337 e. The van der Waals surface area contributed by atoms with Gasteiger partial charge in [0.15, 0.2) is 0 Å². The summed E-state index contributed by atoms with van der Waals surface area (Å²) in [5, 5.41) is 4.35. The number of carbonyl (C=O) groups is 1. The van der Waals surface area contributed by atoms with Gasteiger partial charge in [0.05, 0.1) is 11.7 Å². The lowest BCUT2D eigenvalue weighted by Crippen LogP contribution is -2.47. The molecular formula is C26H30N6OS. The van der Waals surface area contributed by atoms with Crippen molar-refractivity contribution in [3.8, 4) is 0 Å². The Morgan fingerprint density at radius 3 is 2.56 bits per heavy atom. The van der Waals surface area contributed by atoms with Gasteiger partial charge in [0, 0.05) is 32.9 Å². The molecule has 1 atom stereocenters. The van der Waals surface area contributed by atoms with Crippen molar-refractivity contribution in [3.63, 3.8) is 0 Å². The van der Waals surface area contributed by atoms with E-state index in [-0.39, 0.29) is 11.9 Å². The number of piperidine rings is 1. The number of carbonyl (C=O) groups excluding carboxylic acids is 1. The van der Waals surface area contributed by atoms with E-state index in [1.54, 1.807) is 10.7 Å². The van der Waals surface area contributed by atoms with E-state index in [4.69, 9.17) is 0 Å². The minimum absolute atomic E-state index is 0.00543. The fraction of sp³-hybridized carbons (Fsp3) is 0.385. The Bertz CT molecular complexity index is 1240. The molecule has 2 aromatic heterocycles. The smallest absolute Gasteiger partial charge is 0.274 e. The number of likely N-dealkylation sites (tertiary alicyclic amines) is 1. The molecule has 0 bridgehead atoms. The number of fused-ring (bicyclic) bond motifs is 1. The molecule has 8 heteroatoms. The normalized spacial score (nSPS) is 16.1. The predicted molar refractivity (Wildman–Crippen MR) is 135 cm³/mol. The monoisotopic (exact) mass is 474 g/mol. The Hall–Kier alpha value is -3.10. The SMILES string of the molecule is CN(C(=O)c1ccn(C)n1)[C@@H](Cc1ccccc1)C1CCN(Cc2ccc3nsnc3c2)CC1. The summed E-state index contributed by atoms with van der Waals surface area (Å²) in [7, 11) is 3.78. The van der Waals surface area contributed by atoms with Crippen LogP contribution in [0.15, 0.2) is 60.8 Å². The third kappa shape index (κ3) is 5.03. The molecule has 7 nitrogen and oxygen atoms in total. The van der Waals surface area contributed by atoms with Crippen LogP contribution in [0.3, 0.4) is 0 Å². The Balaban J connectivity index is 1.27. The van der Waals surface area contributed by atoms with Gasteiger partial charge in [0.25, 0.3) is 5.91 Å². The van der Waals surface area contributed by atoms with Gasteiger partial charge in [-0.15, -0.1) is 0 Å². The quantitative estimate of drug-likeness (QED) is 0.405. The molecule has 4 aromatic rings. The minimum atomic E-state index is -0.00543. The molecule has 5 rings (SSSR count). The zero-order valence-electron chi connectivity index (χ0n) is 19.7. The average Bonchev–Trinajstić information content (AvgIpc) is 3.51. The summed E-state index contributed by atoms with van der Waals surface area (Å²) < 4.78 is 10.4. The topological polar surface area (TPSA) is 67.2 Å². The van der Waals surface area contributed by atoms with Crippen molar-refractivity contribution in [2.45, 2.75) is 31.8 Å². The molecule has 1 saturated heterocycles. The van der Waals surface area contributed by atoms with Crippen molar-refractivity contribution in [1.29, 1.82) is 0 Å². The van der Waals surface area contributed by atoms with Gasteiger partial charge in [-0.25, -0.2) is 0 Å². The molecule has 2 aromatic carbocycles. The first kappa shape index (κ1) is 22.7. The van der Waals surface area contributed by atoms with E-state index < -0.39 is 0 Å². The van der Waals surface area contributed by atoms with Crippen LogP contribution < -0.4 is 0 Å². The summed E-state index contributed by atoms with van der Waals surface area (Å²) in [5.41, 5.74) is 5.00. The molecule has 0 aliphatic carbocycles. The van der Waals surface area contributed by atoms with Gasteiger partial charge in [-0.2, -0.15) is 13.8 Å². The molecule has 1 fully saturated rings. The molecule has 1 amide bonds. The van der Waals surface area contributed by atoms with Crippen LogP contribution in [0.5, 0.6) is 0 Å². The highest BCUT2D eigenvalue weighted by atomic mass is 32.1. The zero-order valence-corrected chi connectivity index (χ0v) is 20.5. The molecule has 0 N–H and O–H groups in total.